The molecule has 9 atom stereocenters. The molecule has 10 heteroatoms. The van der Waals surface area contributed by atoms with Crippen LogP contribution in [-0.2, 0) is 14.2 Å². The standard InChI is InChI=1S/C11H20O10/c12-3-1-19-11(9(17)5(3)13)20-2-4-6(14)7(15)8(16)10(18)21-4/h3-18H,1-2H2/t3-,4+,5+,6+,7-,8+,9-,10+,11-/m0/s1. The zero-order valence-corrected chi connectivity index (χ0v) is 11.0. The number of ether oxygens (including phenoxy) is 3. The SMILES string of the molecule is O[C@@H]1[C@@H](O)[C@H](O)O[C@H](CO[C@@H]2OC[C@H](O)[C@@H](O)[C@@H]2O)[C@H]1O. The third-order valence-corrected chi connectivity index (χ3v) is 3.57. The molecule has 10 nitrogen and oxygen atoms in total. The highest BCUT2D eigenvalue weighted by molar-refractivity contribution is 4.89. The van der Waals surface area contributed by atoms with E-state index in [0.717, 1.165) is 0 Å². The van der Waals surface area contributed by atoms with Crippen molar-refractivity contribution in [3.05, 3.63) is 0 Å². The van der Waals surface area contributed by atoms with Gasteiger partial charge in [0.15, 0.2) is 12.6 Å². The van der Waals surface area contributed by atoms with Crippen molar-refractivity contribution in [2.24, 2.45) is 0 Å². The fourth-order valence-electron chi connectivity index (χ4n) is 2.18. The van der Waals surface area contributed by atoms with E-state index in [1.54, 1.807) is 0 Å². The van der Waals surface area contributed by atoms with Crippen molar-refractivity contribution in [1.82, 2.24) is 0 Å². The van der Waals surface area contributed by atoms with E-state index >= 15 is 0 Å². The Morgan fingerprint density at radius 3 is 2.14 bits per heavy atom. The van der Waals surface area contributed by atoms with E-state index in [2.05, 4.69) is 0 Å². The minimum absolute atomic E-state index is 0.249. The van der Waals surface area contributed by atoms with Gasteiger partial charge in [0.05, 0.1) is 13.2 Å². The predicted molar refractivity (Wildman–Crippen MR) is 62.6 cm³/mol. The summed E-state index contributed by atoms with van der Waals surface area (Å²) in [6.45, 7) is -0.631. The first-order valence-electron chi connectivity index (χ1n) is 6.48. The lowest BCUT2D eigenvalue weighted by Crippen LogP contribution is -2.59. The lowest BCUT2D eigenvalue weighted by atomic mass is 9.99. The first kappa shape index (κ1) is 17.0. The molecule has 0 bridgehead atoms. The normalized spacial score (nSPS) is 51.9. The minimum atomic E-state index is -1.69. The van der Waals surface area contributed by atoms with E-state index in [1.165, 1.54) is 0 Å². The molecule has 0 saturated carbocycles. The highest BCUT2D eigenvalue weighted by Crippen LogP contribution is 2.22. The third-order valence-electron chi connectivity index (χ3n) is 3.57. The highest BCUT2D eigenvalue weighted by Gasteiger charge is 2.44. The average molecular weight is 312 g/mol. The Bertz CT molecular complexity index is 341. The number of hydrogen-bond donors (Lipinski definition) is 7. The van der Waals surface area contributed by atoms with Gasteiger partial charge in [0.1, 0.15) is 42.7 Å². The van der Waals surface area contributed by atoms with Crippen LogP contribution in [0.1, 0.15) is 0 Å². The van der Waals surface area contributed by atoms with E-state index in [0.29, 0.717) is 0 Å². The molecule has 2 heterocycles. The van der Waals surface area contributed by atoms with Crippen LogP contribution in [0.4, 0.5) is 0 Å². The predicted octanol–water partition coefficient (Wildman–Crippen LogP) is -4.76. The maximum atomic E-state index is 9.70. The van der Waals surface area contributed by atoms with Gasteiger partial charge >= 0.3 is 0 Å². The second kappa shape index (κ2) is 6.79. The van der Waals surface area contributed by atoms with Crippen molar-refractivity contribution >= 4 is 0 Å². The molecule has 2 rings (SSSR count). The number of aliphatic hydroxyl groups excluding tert-OH is 7. The number of hydrogen-bond acceptors (Lipinski definition) is 10. The first-order valence-corrected chi connectivity index (χ1v) is 6.48. The highest BCUT2D eigenvalue weighted by atomic mass is 16.7. The quantitative estimate of drug-likeness (QED) is 0.268. The van der Waals surface area contributed by atoms with Crippen molar-refractivity contribution in [3.8, 4) is 0 Å². The van der Waals surface area contributed by atoms with Crippen LogP contribution in [0.5, 0.6) is 0 Å². The van der Waals surface area contributed by atoms with Crippen molar-refractivity contribution in [3.63, 3.8) is 0 Å². The molecule has 0 aliphatic carbocycles. The molecule has 0 spiro atoms. The molecular weight excluding hydrogens is 292 g/mol. The van der Waals surface area contributed by atoms with Gasteiger partial charge in [-0.05, 0) is 0 Å². The summed E-state index contributed by atoms with van der Waals surface area (Å²) in [5.41, 5.74) is 0. The van der Waals surface area contributed by atoms with Crippen molar-refractivity contribution < 1.29 is 50.0 Å². The van der Waals surface area contributed by atoms with Crippen LogP contribution in [0, 0.1) is 0 Å². The Balaban J connectivity index is 1.88. The van der Waals surface area contributed by atoms with Gasteiger partial charge in [0.25, 0.3) is 0 Å². The molecule has 21 heavy (non-hydrogen) atoms. The lowest BCUT2D eigenvalue weighted by Gasteiger charge is -2.40. The lowest BCUT2D eigenvalue weighted by molar-refractivity contribution is -0.312. The molecule has 0 aromatic carbocycles. The van der Waals surface area contributed by atoms with Gasteiger partial charge in [-0.2, -0.15) is 0 Å². The van der Waals surface area contributed by atoms with Crippen molar-refractivity contribution in [2.75, 3.05) is 13.2 Å². The summed E-state index contributed by atoms with van der Waals surface area (Å²) < 4.78 is 15.0. The maximum Gasteiger partial charge on any atom is 0.186 e. The van der Waals surface area contributed by atoms with E-state index < -0.39 is 55.3 Å². The smallest absolute Gasteiger partial charge is 0.186 e. The summed E-state index contributed by atoms with van der Waals surface area (Å²) in [5.74, 6) is 0. The van der Waals surface area contributed by atoms with Gasteiger partial charge in [-0.1, -0.05) is 0 Å². The van der Waals surface area contributed by atoms with Crippen LogP contribution in [0.3, 0.4) is 0 Å². The largest absolute Gasteiger partial charge is 0.388 e. The van der Waals surface area contributed by atoms with Gasteiger partial charge in [-0.3, -0.25) is 0 Å². The van der Waals surface area contributed by atoms with Crippen LogP contribution in [-0.4, -0.2) is 104 Å². The molecular formula is C11H20O10. The summed E-state index contributed by atoms with van der Waals surface area (Å²) in [6.07, 6.45) is -13.1. The Morgan fingerprint density at radius 2 is 1.48 bits per heavy atom. The van der Waals surface area contributed by atoms with E-state index in [-0.39, 0.29) is 13.2 Å². The number of rotatable bonds is 3. The molecule has 0 radical (unpaired) electrons. The Kier molecular flexibility index (Phi) is 5.48. The fraction of sp³-hybridized carbons (Fsp3) is 1.00. The van der Waals surface area contributed by atoms with Crippen molar-refractivity contribution in [2.45, 2.75) is 55.3 Å². The molecule has 2 aliphatic heterocycles. The topological polar surface area (TPSA) is 169 Å². The van der Waals surface area contributed by atoms with Gasteiger partial charge in [-0.15, -0.1) is 0 Å². The molecule has 2 fully saturated rings. The van der Waals surface area contributed by atoms with Gasteiger partial charge in [0, 0.05) is 0 Å². The Labute approximate surface area is 119 Å². The van der Waals surface area contributed by atoms with Gasteiger partial charge in [-0.25, -0.2) is 0 Å². The van der Waals surface area contributed by atoms with Crippen molar-refractivity contribution in [1.29, 1.82) is 0 Å². The summed E-state index contributed by atoms with van der Waals surface area (Å²) >= 11 is 0. The second-order valence-corrected chi connectivity index (χ2v) is 5.12. The Morgan fingerprint density at radius 1 is 0.810 bits per heavy atom. The first-order chi connectivity index (χ1) is 9.82. The monoisotopic (exact) mass is 312 g/mol. The Hall–Kier alpha value is -0.400. The molecule has 2 saturated heterocycles. The van der Waals surface area contributed by atoms with Crippen LogP contribution < -0.4 is 0 Å². The average Bonchev–Trinajstić information content (AvgIpc) is 2.46. The summed E-state index contributed by atoms with van der Waals surface area (Å²) in [7, 11) is 0. The minimum Gasteiger partial charge on any atom is -0.388 e. The molecule has 0 aromatic heterocycles. The molecule has 0 unspecified atom stereocenters. The molecule has 124 valence electrons. The van der Waals surface area contributed by atoms with Gasteiger partial charge in [0.2, 0.25) is 0 Å². The summed E-state index contributed by atoms with van der Waals surface area (Å²) in [5, 5.41) is 66.2. The zero-order chi connectivity index (χ0) is 15.7. The third kappa shape index (κ3) is 3.51. The van der Waals surface area contributed by atoms with Crippen LogP contribution in [0.25, 0.3) is 0 Å². The number of aliphatic hydroxyl groups is 7. The molecule has 0 amide bonds. The second-order valence-electron chi connectivity index (χ2n) is 5.12. The van der Waals surface area contributed by atoms with E-state index in [1.807, 2.05) is 0 Å². The van der Waals surface area contributed by atoms with Crippen LogP contribution >= 0.6 is 0 Å². The van der Waals surface area contributed by atoms with Crippen LogP contribution in [0.2, 0.25) is 0 Å². The fourth-order valence-corrected chi connectivity index (χ4v) is 2.18. The van der Waals surface area contributed by atoms with E-state index in [4.69, 9.17) is 14.2 Å². The zero-order valence-electron chi connectivity index (χ0n) is 11.0. The van der Waals surface area contributed by atoms with E-state index in [9.17, 15) is 35.7 Å². The summed E-state index contributed by atoms with van der Waals surface area (Å²) in [6, 6.07) is 0. The van der Waals surface area contributed by atoms with Crippen LogP contribution in [0.15, 0.2) is 0 Å². The molecule has 7 N–H and O–H groups in total. The maximum absolute atomic E-state index is 9.70. The summed E-state index contributed by atoms with van der Waals surface area (Å²) in [4.78, 5) is 0. The molecule has 2 aliphatic rings. The van der Waals surface area contributed by atoms with Gasteiger partial charge < -0.3 is 50.0 Å². The molecule has 0 aromatic rings.